The zero-order valence-corrected chi connectivity index (χ0v) is 18.2. The van der Waals surface area contributed by atoms with E-state index in [1.54, 1.807) is 0 Å². The molecule has 2 aromatic carbocycles. The minimum atomic E-state index is -0.0217. The molecule has 0 spiro atoms. The molecule has 0 saturated carbocycles. The van der Waals surface area contributed by atoms with Crippen LogP contribution < -0.4 is 4.90 Å². The van der Waals surface area contributed by atoms with Gasteiger partial charge in [0.05, 0.1) is 18.7 Å². The van der Waals surface area contributed by atoms with Gasteiger partial charge in [-0.15, -0.1) is 5.10 Å². The third-order valence-corrected chi connectivity index (χ3v) is 6.44. The molecular weight excluding hydrogens is 412 g/mol. The maximum Gasteiger partial charge on any atom is 0.173 e. The number of tetrazole rings is 1. The second-order valence-corrected chi connectivity index (χ2v) is 8.60. The summed E-state index contributed by atoms with van der Waals surface area (Å²) in [7, 11) is 0. The molecule has 0 amide bonds. The molecule has 162 valence electrons. The van der Waals surface area contributed by atoms with Gasteiger partial charge in [-0.3, -0.25) is 4.90 Å². The first-order valence-corrected chi connectivity index (χ1v) is 11.3. The first-order chi connectivity index (χ1) is 15.3. The monoisotopic (exact) mass is 438 g/mol. The molecule has 7 nitrogen and oxygen atoms in total. The van der Waals surface area contributed by atoms with Crippen molar-refractivity contribution in [3.8, 4) is 0 Å². The molecular formula is C23H27ClN6O. The zero-order valence-electron chi connectivity index (χ0n) is 17.5. The molecule has 3 aromatic rings. The molecule has 2 fully saturated rings. The van der Waals surface area contributed by atoms with Gasteiger partial charge in [0.1, 0.15) is 0 Å². The van der Waals surface area contributed by atoms with Crippen LogP contribution in [0.3, 0.4) is 0 Å². The Morgan fingerprint density at radius 3 is 2.48 bits per heavy atom. The standard InChI is InChI=1S/C23H27ClN6O/c24-19-10-8-18(9-11-19)22(23-25-26-27-30(23)17-21-7-4-16-31-21)29-14-12-28(13-15-29)20-5-2-1-3-6-20/h1-3,5-6,8-11,21-22H,4,7,12-17H2/t21-,22-/m1/s1. The zero-order chi connectivity index (χ0) is 21.0. The highest BCUT2D eigenvalue weighted by Crippen LogP contribution is 2.30. The third kappa shape index (κ3) is 4.59. The van der Waals surface area contributed by atoms with Crippen LogP contribution in [0.2, 0.25) is 5.02 Å². The van der Waals surface area contributed by atoms with Gasteiger partial charge in [0, 0.05) is 43.5 Å². The number of aromatic nitrogens is 4. The Kier molecular flexibility index (Phi) is 6.15. The van der Waals surface area contributed by atoms with E-state index in [1.807, 2.05) is 16.8 Å². The second-order valence-electron chi connectivity index (χ2n) is 8.17. The predicted octanol–water partition coefficient (Wildman–Crippen LogP) is 3.42. The summed E-state index contributed by atoms with van der Waals surface area (Å²) in [5, 5.41) is 13.5. The van der Waals surface area contributed by atoms with Crippen LogP contribution in [0.4, 0.5) is 5.69 Å². The van der Waals surface area contributed by atoms with Gasteiger partial charge in [-0.05, 0) is 53.1 Å². The summed E-state index contributed by atoms with van der Waals surface area (Å²) in [6, 6.07) is 18.6. The van der Waals surface area contributed by atoms with Gasteiger partial charge in [-0.1, -0.05) is 41.9 Å². The average molecular weight is 439 g/mol. The topological polar surface area (TPSA) is 59.3 Å². The molecule has 5 rings (SSSR count). The number of nitrogens with zero attached hydrogens (tertiary/aromatic N) is 6. The Morgan fingerprint density at radius 1 is 1.00 bits per heavy atom. The van der Waals surface area contributed by atoms with E-state index >= 15 is 0 Å². The van der Waals surface area contributed by atoms with Gasteiger partial charge in [0.2, 0.25) is 0 Å². The van der Waals surface area contributed by atoms with Crippen molar-refractivity contribution in [3.05, 3.63) is 71.0 Å². The molecule has 3 heterocycles. The van der Waals surface area contributed by atoms with E-state index in [2.05, 4.69) is 67.8 Å². The van der Waals surface area contributed by atoms with Crippen LogP contribution in [0.1, 0.15) is 30.3 Å². The number of anilines is 1. The van der Waals surface area contributed by atoms with Crippen LogP contribution >= 0.6 is 11.6 Å². The lowest BCUT2D eigenvalue weighted by molar-refractivity contribution is 0.0906. The van der Waals surface area contributed by atoms with Crippen molar-refractivity contribution in [2.24, 2.45) is 0 Å². The number of rotatable bonds is 6. The largest absolute Gasteiger partial charge is 0.376 e. The van der Waals surface area contributed by atoms with E-state index in [9.17, 15) is 0 Å². The number of ether oxygens (including phenoxy) is 1. The molecule has 2 saturated heterocycles. The first-order valence-electron chi connectivity index (χ1n) is 10.9. The summed E-state index contributed by atoms with van der Waals surface area (Å²) in [6.07, 6.45) is 2.34. The van der Waals surface area contributed by atoms with E-state index in [1.165, 1.54) is 5.69 Å². The molecule has 0 unspecified atom stereocenters. The Balaban J connectivity index is 1.40. The Bertz CT molecular complexity index is 965. The van der Waals surface area contributed by atoms with Gasteiger partial charge in [-0.2, -0.15) is 0 Å². The molecule has 2 atom stereocenters. The van der Waals surface area contributed by atoms with Crippen molar-refractivity contribution in [1.82, 2.24) is 25.1 Å². The van der Waals surface area contributed by atoms with Gasteiger partial charge in [-0.25, -0.2) is 4.68 Å². The summed E-state index contributed by atoms with van der Waals surface area (Å²) in [5.41, 5.74) is 2.43. The molecule has 2 aliphatic heterocycles. The highest BCUT2D eigenvalue weighted by atomic mass is 35.5. The number of para-hydroxylation sites is 1. The number of halogens is 1. The molecule has 0 N–H and O–H groups in total. The number of piperazine rings is 1. The maximum absolute atomic E-state index is 6.18. The van der Waals surface area contributed by atoms with Crippen molar-refractivity contribution < 1.29 is 4.74 Å². The maximum atomic E-state index is 6.18. The number of benzene rings is 2. The van der Waals surface area contributed by atoms with Gasteiger partial charge in [0.15, 0.2) is 5.82 Å². The van der Waals surface area contributed by atoms with Crippen molar-refractivity contribution in [2.45, 2.75) is 31.5 Å². The average Bonchev–Trinajstić information content (AvgIpc) is 3.49. The van der Waals surface area contributed by atoms with Crippen molar-refractivity contribution >= 4 is 17.3 Å². The fourth-order valence-electron chi connectivity index (χ4n) is 4.56. The van der Waals surface area contributed by atoms with Crippen LogP contribution in [0.5, 0.6) is 0 Å². The number of hydrogen-bond donors (Lipinski definition) is 0. The molecule has 0 bridgehead atoms. The van der Waals surface area contributed by atoms with Crippen LogP contribution in [0.15, 0.2) is 54.6 Å². The van der Waals surface area contributed by atoms with Crippen LogP contribution in [-0.2, 0) is 11.3 Å². The van der Waals surface area contributed by atoms with Crippen molar-refractivity contribution in [3.63, 3.8) is 0 Å². The molecule has 2 aliphatic rings. The van der Waals surface area contributed by atoms with Crippen molar-refractivity contribution in [1.29, 1.82) is 0 Å². The van der Waals surface area contributed by atoms with E-state index in [0.29, 0.717) is 6.54 Å². The number of hydrogen-bond acceptors (Lipinski definition) is 6. The second kappa shape index (κ2) is 9.34. The first kappa shape index (κ1) is 20.4. The lowest BCUT2D eigenvalue weighted by Gasteiger charge is -2.40. The summed E-state index contributed by atoms with van der Waals surface area (Å²) in [6.45, 7) is 5.29. The molecule has 0 radical (unpaired) electrons. The third-order valence-electron chi connectivity index (χ3n) is 6.19. The fraction of sp³-hybridized carbons (Fsp3) is 0.435. The van der Waals surface area contributed by atoms with Crippen LogP contribution in [0, 0.1) is 0 Å². The van der Waals surface area contributed by atoms with E-state index in [4.69, 9.17) is 16.3 Å². The fourth-order valence-corrected chi connectivity index (χ4v) is 4.69. The Labute approximate surface area is 187 Å². The Morgan fingerprint density at radius 2 is 1.77 bits per heavy atom. The minimum absolute atomic E-state index is 0.0217. The van der Waals surface area contributed by atoms with E-state index in [-0.39, 0.29) is 12.1 Å². The summed E-state index contributed by atoms with van der Waals surface area (Å²) < 4.78 is 7.77. The summed E-state index contributed by atoms with van der Waals surface area (Å²) in [5.74, 6) is 0.867. The van der Waals surface area contributed by atoms with E-state index < -0.39 is 0 Å². The molecule has 1 aromatic heterocycles. The highest BCUT2D eigenvalue weighted by molar-refractivity contribution is 6.30. The Hall–Kier alpha value is -2.48. The smallest absolute Gasteiger partial charge is 0.173 e. The summed E-state index contributed by atoms with van der Waals surface area (Å²) >= 11 is 6.18. The van der Waals surface area contributed by atoms with Crippen LogP contribution in [0.25, 0.3) is 0 Å². The normalized spacial score (nSPS) is 20.8. The molecule has 31 heavy (non-hydrogen) atoms. The van der Waals surface area contributed by atoms with Crippen LogP contribution in [-0.4, -0.2) is 64.0 Å². The SMILES string of the molecule is Clc1ccc([C@H](c2nnnn2C[C@H]2CCCO2)N2CCN(c3ccccc3)CC2)cc1. The highest BCUT2D eigenvalue weighted by Gasteiger charge is 2.31. The summed E-state index contributed by atoms with van der Waals surface area (Å²) in [4.78, 5) is 4.91. The lowest BCUT2D eigenvalue weighted by atomic mass is 10.0. The van der Waals surface area contributed by atoms with Gasteiger partial charge >= 0.3 is 0 Å². The minimum Gasteiger partial charge on any atom is -0.376 e. The molecule has 0 aliphatic carbocycles. The van der Waals surface area contributed by atoms with Gasteiger partial charge < -0.3 is 9.64 Å². The van der Waals surface area contributed by atoms with E-state index in [0.717, 1.165) is 62.0 Å². The van der Waals surface area contributed by atoms with Crippen molar-refractivity contribution in [2.75, 3.05) is 37.7 Å². The van der Waals surface area contributed by atoms with Gasteiger partial charge in [0.25, 0.3) is 0 Å². The lowest BCUT2D eigenvalue weighted by Crippen LogP contribution is -2.48. The molecule has 8 heteroatoms. The quantitative estimate of drug-likeness (QED) is 0.587. The predicted molar refractivity (Wildman–Crippen MR) is 120 cm³/mol.